The molecule has 0 aliphatic carbocycles. The molecule has 2 aliphatic rings. The van der Waals surface area contributed by atoms with E-state index in [-0.39, 0.29) is 18.0 Å². The molecule has 4 nitrogen and oxygen atoms in total. The van der Waals surface area contributed by atoms with Crippen LogP contribution in [0, 0.1) is 6.92 Å². The highest BCUT2D eigenvalue weighted by atomic mass is 32.2. The molecule has 2 heterocycles. The number of aryl methyl sites for hydroxylation is 1. The molecule has 1 amide bonds. The third kappa shape index (κ3) is 2.55. The molecular weight excluding hydrogens is 310 g/mol. The van der Waals surface area contributed by atoms with Gasteiger partial charge in [0.25, 0.3) is 0 Å². The number of carbonyl (C=O) groups is 1. The van der Waals surface area contributed by atoms with E-state index in [1.165, 1.54) is 5.56 Å². The average Bonchev–Trinajstić information content (AvgIpc) is 2.99. The minimum atomic E-state index is -0.0710. The van der Waals surface area contributed by atoms with Gasteiger partial charge >= 0.3 is 0 Å². The summed E-state index contributed by atoms with van der Waals surface area (Å²) in [5.41, 5.74) is 3.23. The Balaban J connectivity index is 1.69. The van der Waals surface area contributed by atoms with Crippen molar-refractivity contribution in [2.45, 2.75) is 30.5 Å². The molecule has 23 heavy (non-hydrogen) atoms. The number of carbonyl (C=O) groups excluding carboxylic acids is 1. The van der Waals surface area contributed by atoms with Crippen LogP contribution in [0.5, 0.6) is 11.5 Å². The maximum Gasteiger partial charge on any atom is 0.240 e. The van der Waals surface area contributed by atoms with Gasteiger partial charge in [0.05, 0.1) is 17.5 Å². The molecule has 0 radical (unpaired) electrons. The number of ether oxygens (including phenoxy) is 2. The van der Waals surface area contributed by atoms with Gasteiger partial charge in [0.1, 0.15) is 0 Å². The normalized spacial score (nSPS) is 19.0. The molecule has 0 N–H and O–H groups in total. The van der Waals surface area contributed by atoms with Crippen molar-refractivity contribution in [2.24, 2.45) is 0 Å². The van der Waals surface area contributed by atoms with E-state index in [1.807, 2.05) is 36.1 Å². The lowest BCUT2D eigenvalue weighted by molar-refractivity contribution is -0.118. The molecule has 5 heteroatoms. The molecule has 0 saturated heterocycles. The summed E-state index contributed by atoms with van der Waals surface area (Å²) in [7, 11) is 0. The quantitative estimate of drug-likeness (QED) is 0.842. The number of amides is 1. The number of hydrogen-bond acceptors (Lipinski definition) is 4. The van der Waals surface area contributed by atoms with Crippen LogP contribution in [0.1, 0.15) is 18.1 Å². The number of thioether (sulfide) groups is 1. The highest BCUT2D eigenvalue weighted by Crippen LogP contribution is 2.41. The van der Waals surface area contributed by atoms with E-state index < -0.39 is 0 Å². The second-order valence-corrected chi connectivity index (χ2v) is 7.23. The number of anilines is 1. The first kappa shape index (κ1) is 14.5. The standard InChI is InChI=1S/C18H17NO3S/c1-11-3-5-14-17(7-11)23-12(2)18(20)19(14)9-13-4-6-15-16(8-13)22-10-21-15/h3-8,12H,9-10H2,1-2H3. The van der Waals surface area contributed by atoms with Gasteiger partial charge in [-0.25, -0.2) is 0 Å². The minimum Gasteiger partial charge on any atom is -0.454 e. The second-order valence-electron chi connectivity index (χ2n) is 5.84. The van der Waals surface area contributed by atoms with Crippen LogP contribution >= 0.6 is 11.8 Å². The average molecular weight is 327 g/mol. The molecule has 0 fully saturated rings. The number of nitrogens with zero attached hydrogens (tertiary/aromatic N) is 1. The van der Waals surface area contributed by atoms with Crippen molar-refractivity contribution in [3.05, 3.63) is 47.5 Å². The fourth-order valence-electron chi connectivity index (χ4n) is 2.90. The minimum absolute atomic E-state index is 0.0710. The Morgan fingerprint density at radius 1 is 1.17 bits per heavy atom. The Hall–Kier alpha value is -2.14. The molecule has 2 aromatic rings. The van der Waals surface area contributed by atoms with Crippen molar-refractivity contribution in [1.29, 1.82) is 0 Å². The number of hydrogen-bond donors (Lipinski definition) is 0. The van der Waals surface area contributed by atoms with Crippen LogP contribution in [0.15, 0.2) is 41.3 Å². The molecule has 2 aliphatic heterocycles. The second kappa shape index (κ2) is 5.49. The van der Waals surface area contributed by atoms with Crippen molar-refractivity contribution in [2.75, 3.05) is 11.7 Å². The van der Waals surface area contributed by atoms with E-state index in [2.05, 4.69) is 19.1 Å². The van der Waals surface area contributed by atoms with Crippen molar-refractivity contribution in [3.8, 4) is 11.5 Å². The summed E-state index contributed by atoms with van der Waals surface area (Å²) in [6.45, 7) is 4.84. The van der Waals surface area contributed by atoms with Gasteiger partial charge in [0, 0.05) is 4.90 Å². The lowest BCUT2D eigenvalue weighted by Gasteiger charge is -2.32. The van der Waals surface area contributed by atoms with Crippen molar-refractivity contribution in [1.82, 2.24) is 0 Å². The van der Waals surface area contributed by atoms with E-state index in [9.17, 15) is 4.79 Å². The van der Waals surface area contributed by atoms with Crippen LogP contribution in [-0.2, 0) is 11.3 Å². The van der Waals surface area contributed by atoms with Crippen LogP contribution in [0.3, 0.4) is 0 Å². The van der Waals surface area contributed by atoms with Gasteiger partial charge < -0.3 is 14.4 Å². The van der Waals surface area contributed by atoms with E-state index in [4.69, 9.17) is 9.47 Å². The highest BCUT2D eigenvalue weighted by Gasteiger charge is 2.31. The third-order valence-corrected chi connectivity index (χ3v) is 5.24. The summed E-state index contributed by atoms with van der Waals surface area (Å²) in [4.78, 5) is 15.7. The molecule has 118 valence electrons. The molecule has 1 atom stereocenters. The van der Waals surface area contributed by atoms with Gasteiger partial charge in [-0.1, -0.05) is 12.1 Å². The summed E-state index contributed by atoms with van der Waals surface area (Å²) in [5.74, 6) is 1.65. The molecule has 4 rings (SSSR count). The first-order valence-corrected chi connectivity index (χ1v) is 8.47. The summed E-state index contributed by atoms with van der Waals surface area (Å²) < 4.78 is 10.8. The van der Waals surface area contributed by atoms with Crippen molar-refractivity contribution < 1.29 is 14.3 Å². The zero-order valence-electron chi connectivity index (χ0n) is 13.0. The van der Waals surface area contributed by atoms with Crippen LogP contribution in [0.2, 0.25) is 0 Å². The van der Waals surface area contributed by atoms with E-state index in [0.717, 1.165) is 27.6 Å². The Bertz CT molecular complexity index is 790. The Morgan fingerprint density at radius 2 is 2.00 bits per heavy atom. The fraction of sp³-hybridized carbons (Fsp3) is 0.278. The number of fused-ring (bicyclic) bond motifs is 2. The van der Waals surface area contributed by atoms with Crippen LogP contribution in [0.4, 0.5) is 5.69 Å². The van der Waals surface area contributed by atoms with Crippen molar-refractivity contribution in [3.63, 3.8) is 0 Å². The first-order chi connectivity index (χ1) is 11.1. The van der Waals surface area contributed by atoms with Crippen LogP contribution < -0.4 is 14.4 Å². The molecule has 1 unspecified atom stereocenters. The first-order valence-electron chi connectivity index (χ1n) is 7.59. The SMILES string of the molecule is Cc1ccc2c(c1)SC(C)C(=O)N2Cc1ccc2c(c1)OCO2. The predicted molar refractivity (Wildman–Crippen MR) is 90.3 cm³/mol. The van der Waals surface area contributed by atoms with E-state index >= 15 is 0 Å². The smallest absolute Gasteiger partial charge is 0.240 e. The Labute approximate surface area is 139 Å². The van der Waals surface area contributed by atoms with Gasteiger partial charge in [-0.2, -0.15) is 0 Å². The van der Waals surface area contributed by atoms with E-state index in [1.54, 1.807) is 11.8 Å². The highest BCUT2D eigenvalue weighted by molar-refractivity contribution is 8.01. The molecule has 0 bridgehead atoms. The van der Waals surface area contributed by atoms with Gasteiger partial charge in [-0.05, 0) is 49.2 Å². The predicted octanol–water partition coefficient (Wildman–Crippen LogP) is 3.75. The lowest BCUT2D eigenvalue weighted by atomic mass is 10.1. The number of rotatable bonds is 2. The summed E-state index contributed by atoms with van der Waals surface area (Å²) in [5, 5.41) is -0.0710. The van der Waals surface area contributed by atoms with Gasteiger partial charge in [-0.3, -0.25) is 4.79 Å². The summed E-state index contributed by atoms with van der Waals surface area (Å²) in [6, 6.07) is 12.1. The molecule has 2 aromatic carbocycles. The Morgan fingerprint density at radius 3 is 2.87 bits per heavy atom. The van der Waals surface area contributed by atoms with Gasteiger partial charge in [-0.15, -0.1) is 11.8 Å². The van der Waals surface area contributed by atoms with Crippen LogP contribution in [-0.4, -0.2) is 18.0 Å². The Kier molecular flexibility index (Phi) is 3.45. The molecule has 0 saturated carbocycles. The van der Waals surface area contributed by atoms with Gasteiger partial charge in [0.15, 0.2) is 11.5 Å². The molecule has 0 aromatic heterocycles. The largest absolute Gasteiger partial charge is 0.454 e. The zero-order valence-corrected chi connectivity index (χ0v) is 13.9. The monoisotopic (exact) mass is 327 g/mol. The number of benzene rings is 2. The third-order valence-electron chi connectivity index (χ3n) is 4.10. The molecular formula is C18H17NO3S. The van der Waals surface area contributed by atoms with E-state index in [0.29, 0.717) is 6.54 Å². The van der Waals surface area contributed by atoms with Gasteiger partial charge in [0.2, 0.25) is 12.7 Å². The maximum absolute atomic E-state index is 12.7. The van der Waals surface area contributed by atoms with Crippen molar-refractivity contribution >= 4 is 23.4 Å². The summed E-state index contributed by atoms with van der Waals surface area (Å²) in [6.07, 6.45) is 0. The topological polar surface area (TPSA) is 38.8 Å². The van der Waals surface area contributed by atoms with Crippen LogP contribution in [0.25, 0.3) is 0 Å². The summed E-state index contributed by atoms with van der Waals surface area (Å²) >= 11 is 1.63. The maximum atomic E-state index is 12.7. The fourth-order valence-corrected chi connectivity index (χ4v) is 4.06. The lowest BCUT2D eigenvalue weighted by Crippen LogP contribution is -2.39. The molecule has 0 spiro atoms. The zero-order chi connectivity index (χ0) is 16.0.